The Hall–Kier alpha value is -1.75. The van der Waals surface area contributed by atoms with Gasteiger partial charge in [0.25, 0.3) is 0 Å². The van der Waals surface area contributed by atoms with E-state index in [1.54, 1.807) is 25.3 Å². The molecule has 0 aliphatic rings. The molecule has 0 atom stereocenters. The highest BCUT2D eigenvalue weighted by Gasteiger charge is 2.06. The van der Waals surface area contributed by atoms with E-state index >= 15 is 0 Å². The molecule has 0 aliphatic carbocycles. The average molecular weight is 367 g/mol. The van der Waals surface area contributed by atoms with Crippen molar-refractivity contribution in [2.75, 3.05) is 25.5 Å². The van der Waals surface area contributed by atoms with E-state index in [2.05, 4.69) is 10.6 Å². The summed E-state index contributed by atoms with van der Waals surface area (Å²) in [5.74, 6) is 0.790. The molecule has 0 saturated carbocycles. The lowest BCUT2D eigenvalue weighted by molar-refractivity contribution is -0.116. The number of anilines is 1. The minimum atomic E-state index is -0.0935. The molecule has 2 aromatic rings. The van der Waals surface area contributed by atoms with E-state index in [0.29, 0.717) is 28.7 Å². The standard InChI is InChI=1S/C18H20Cl2N2O2/c1-24-17-5-3-2-4-13(17)8-10-21-11-9-18(23)22-16-7-6-14(19)12-15(16)20/h2-7,12,21H,8-11H2,1H3,(H,22,23). The van der Waals surface area contributed by atoms with Crippen LogP contribution in [0.4, 0.5) is 5.69 Å². The zero-order valence-electron chi connectivity index (χ0n) is 13.4. The van der Waals surface area contributed by atoms with Gasteiger partial charge < -0.3 is 15.4 Å². The van der Waals surface area contributed by atoms with E-state index in [1.807, 2.05) is 24.3 Å². The summed E-state index contributed by atoms with van der Waals surface area (Å²) in [5, 5.41) is 7.00. The van der Waals surface area contributed by atoms with Crippen molar-refractivity contribution in [2.45, 2.75) is 12.8 Å². The molecule has 0 bridgehead atoms. The van der Waals surface area contributed by atoms with Crippen molar-refractivity contribution in [3.63, 3.8) is 0 Å². The summed E-state index contributed by atoms with van der Waals surface area (Å²) in [4.78, 5) is 11.9. The van der Waals surface area contributed by atoms with E-state index in [-0.39, 0.29) is 5.91 Å². The van der Waals surface area contributed by atoms with Crippen LogP contribution in [0.1, 0.15) is 12.0 Å². The van der Waals surface area contributed by atoms with Crippen LogP contribution in [-0.2, 0) is 11.2 Å². The second kappa shape index (κ2) is 9.52. The van der Waals surface area contributed by atoms with Crippen molar-refractivity contribution in [2.24, 2.45) is 0 Å². The largest absolute Gasteiger partial charge is 0.496 e. The first-order valence-electron chi connectivity index (χ1n) is 7.67. The molecule has 0 fully saturated rings. The highest BCUT2D eigenvalue weighted by Crippen LogP contribution is 2.25. The number of hydrogen-bond acceptors (Lipinski definition) is 3. The van der Waals surface area contributed by atoms with Gasteiger partial charge in [-0.05, 0) is 42.8 Å². The summed E-state index contributed by atoms with van der Waals surface area (Å²) in [6, 6.07) is 12.9. The summed E-state index contributed by atoms with van der Waals surface area (Å²) in [5.41, 5.74) is 1.71. The molecule has 1 amide bonds. The average Bonchev–Trinajstić information content (AvgIpc) is 2.57. The maximum absolute atomic E-state index is 11.9. The predicted octanol–water partition coefficient (Wildman–Crippen LogP) is 4.16. The molecule has 2 rings (SSSR count). The normalized spacial score (nSPS) is 10.5. The minimum absolute atomic E-state index is 0.0935. The molecule has 128 valence electrons. The van der Waals surface area contributed by atoms with Crippen molar-refractivity contribution >= 4 is 34.8 Å². The monoisotopic (exact) mass is 366 g/mol. The number of para-hydroxylation sites is 1. The highest BCUT2D eigenvalue weighted by atomic mass is 35.5. The van der Waals surface area contributed by atoms with Gasteiger partial charge in [-0.3, -0.25) is 4.79 Å². The number of halogens is 2. The summed E-state index contributed by atoms with van der Waals surface area (Å²) in [6.07, 6.45) is 1.21. The molecular weight excluding hydrogens is 347 g/mol. The fourth-order valence-electron chi connectivity index (χ4n) is 2.26. The Balaban J connectivity index is 1.69. The molecule has 2 aromatic carbocycles. The SMILES string of the molecule is COc1ccccc1CCNCCC(=O)Nc1ccc(Cl)cc1Cl. The molecule has 0 aliphatic heterocycles. The molecule has 6 heteroatoms. The Morgan fingerprint density at radius 3 is 2.67 bits per heavy atom. The number of amides is 1. The highest BCUT2D eigenvalue weighted by molar-refractivity contribution is 6.36. The van der Waals surface area contributed by atoms with Crippen molar-refractivity contribution in [1.29, 1.82) is 0 Å². The topological polar surface area (TPSA) is 50.4 Å². The van der Waals surface area contributed by atoms with E-state index in [4.69, 9.17) is 27.9 Å². The fraction of sp³-hybridized carbons (Fsp3) is 0.278. The van der Waals surface area contributed by atoms with Gasteiger partial charge in [0.2, 0.25) is 5.91 Å². The number of hydrogen-bond donors (Lipinski definition) is 2. The number of ether oxygens (including phenoxy) is 1. The van der Waals surface area contributed by atoms with E-state index in [1.165, 1.54) is 0 Å². The minimum Gasteiger partial charge on any atom is -0.496 e. The first-order valence-corrected chi connectivity index (χ1v) is 8.43. The molecular formula is C18H20Cl2N2O2. The number of rotatable bonds is 8. The Kier molecular flexibility index (Phi) is 7.37. The van der Waals surface area contributed by atoms with Gasteiger partial charge in [0.05, 0.1) is 17.8 Å². The van der Waals surface area contributed by atoms with Crippen LogP contribution < -0.4 is 15.4 Å². The molecule has 0 radical (unpaired) electrons. The van der Waals surface area contributed by atoms with Gasteiger partial charge in [0.1, 0.15) is 5.75 Å². The van der Waals surface area contributed by atoms with Gasteiger partial charge in [0.15, 0.2) is 0 Å². The van der Waals surface area contributed by atoms with Crippen molar-refractivity contribution < 1.29 is 9.53 Å². The number of benzene rings is 2. The molecule has 0 heterocycles. The number of carbonyl (C=O) groups is 1. The lowest BCUT2D eigenvalue weighted by Crippen LogP contribution is -2.23. The Morgan fingerprint density at radius 2 is 1.92 bits per heavy atom. The third-order valence-corrected chi connectivity index (χ3v) is 4.05. The summed E-state index contributed by atoms with van der Waals surface area (Å²) in [7, 11) is 1.67. The first kappa shape index (κ1) is 18.6. The second-order valence-corrected chi connectivity index (χ2v) is 6.08. The van der Waals surface area contributed by atoms with Gasteiger partial charge in [0, 0.05) is 18.0 Å². The maximum Gasteiger partial charge on any atom is 0.225 e. The first-order chi connectivity index (χ1) is 11.6. The molecule has 0 spiro atoms. The van der Waals surface area contributed by atoms with Crippen molar-refractivity contribution in [1.82, 2.24) is 5.32 Å². The van der Waals surface area contributed by atoms with Crippen LogP contribution in [0.25, 0.3) is 0 Å². The molecule has 4 nitrogen and oxygen atoms in total. The van der Waals surface area contributed by atoms with Crippen molar-refractivity contribution in [3.8, 4) is 5.75 Å². The summed E-state index contributed by atoms with van der Waals surface area (Å²) in [6.45, 7) is 1.36. The number of nitrogens with one attached hydrogen (secondary N) is 2. The lowest BCUT2D eigenvalue weighted by atomic mass is 10.1. The van der Waals surface area contributed by atoms with E-state index < -0.39 is 0 Å². The molecule has 0 saturated heterocycles. The second-order valence-electron chi connectivity index (χ2n) is 5.23. The number of carbonyl (C=O) groups excluding carboxylic acids is 1. The van der Waals surface area contributed by atoms with Crippen LogP contribution >= 0.6 is 23.2 Å². The molecule has 24 heavy (non-hydrogen) atoms. The van der Waals surface area contributed by atoms with Crippen LogP contribution in [0.15, 0.2) is 42.5 Å². The van der Waals surface area contributed by atoms with Crippen molar-refractivity contribution in [3.05, 3.63) is 58.1 Å². The molecule has 0 unspecified atom stereocenters. The lowest BCUT2D eigenvalue weighted by Gasteiger charge is -2.10. The van der Waals surface area contributed by atoms with Crippen LogP contribution in [-0.4, -0.2) is 26.1 Å². The third kappa shape index (κ3) is 5.71. The van der Waals surface area contributed by atoms with Gasteiger partial charge in [-0.1, -0.05) is 41.4 Å². The van der Waals surface area contributed by atoms with Gasteiger partial charge >= 0.3 is 0 Å². The van der Waals surface area contributed by atoms with Gasteiger partial charge in [-0.15, -0.1) is 0 Å². The van der Waals surface area contributed by atoms with E-state index in [0.717, 1.165) is 24.3 Å². The third-order valence-electron chi connectivity index (χ3n) is 3.50. The summed E-state index contributed by atoms with van der Waals surface area (Å²) >= 11 is 11.9. The van der Waals surface area contributed by atoms with Gasteiger partial charge in [-0.2, -0.15) is 0 Å². The maximum atomic E-state index is 11.9. The van der Waals surface area contributed by atoms with Gasteiger partial charge in [-0.25, -0.2) is 0 Å². The molecule has 2 N–H and O–H groups in total. The van der Waals surface area contributed by atoms with Crippen LogP contribution in [0.5, 0.6) is 5.75 Å². The smallest absolute Gasteiger partial charge is 0.225 e. The van der Waals surface area contributed by atoms with Crippen LogP contribution in [0.2, 0.25) is 10.0 Å². The van der Waals surface area contributed by atoms with Crippen LogP contribution in [0.3, 0.4) is 0 Å². The van der Waals surface area contributed by atoms with E-state index in [9.17, 15) is 4.79 Å². The Bertz CT molecular complexity index is 692. The predicted molar refractivity (Wildman–Crippen MR) is 99.3 cm³/mol. The fourth-order valence-corrected chi connectivity index (χ4v) is 2.72. The zero-order valence-corrected chi connectivity index (χ0v) is 15.0. The quantitative estimate of drug-likeness (QED) is 0.689. The zero-order chi connectivity index (χ0) is 17.4. The Labute approximate surface area is 152 Å². The molecule has 0 aromatic heterocycles. The number of methoxy groups -OCH3 is 1. The van der Waals surface area contributed by atoms with Crippen LogP contribution in [0, 0.1) is 0 Å². The summed E-state index contributed by atoms with van der Waals surface area (Å²) < 4.78 is 5.31. The Morgan fingerprint density at radius 1 is 1.12 bits per heavy atom.